The second kappa shape index (κ2) is 4.98. The first-order valence-electron chi connectivity index (χ1n) is 5.98. The third kappa shape index (κ3) is 2.40. The lowest BCUT2D eigenvalue weighted by Gasteiger charge is -2.23. The van der Waals surface area contributed by atoms with Crippen molar-refractivity contribution in [3.8, 4) is 5.88 Å². The van der Waals surface area contributed by atoms with Crippen molar-refractivity contribution in [2.24, 2.45) is 0 Å². The zero-order valence-corrected chi connectivity index (χ0v) is 10.4. The predicted molar refractivity (Wildman–Crippen MR) is 68.6 cm³/mol. The molecule has 4 nitrogen and oxygen atoms in total. The number of nitrogens with zero attached hydrogens (tertiary/aromatic N) is 2. The van der Waals surface area contributed by atoms with Gasteiger partial charge in [-0.3, -0.25) is 0 Å². The molecule has 90 valence electrons. The number of rotatable bonds is 3. The van der Waals surface area contributed by atoms with Crippen LogP contribution in [0.15, 0.2) is 17.8 Å². The molecule has 1 unspecified atom stereocenters. The zero-order chi connectivity index (χ0) is 11.5. The van der Waals surface area contributed by atoms with E-state index in [1.807, 2.05) is 11.4 Å². The quantitative estimate of drug-likeness (QED) is 0.906. The van der Waals surface area contributed by atoms with Crippen LogP contribution in [0.4, 0.5) is 0 Å². The first-order chi connectivity index (χ1) is 8.43. The van der Waals surface area contributed by atoms with Gasteiger partial charge < -0.3 is 10.1 Å². The van der Waals surface area contributed by atoms with Crippen LogP contribution >= 0.6 is 11.3 Å². The minimum Gasteiger partial charge on any atom is -0.475 e. The Morgan fingerprint density at radius 3 is 3.29 bits per heavy atom. The highest BCUT2D eigenvalue weighted by Gasteiger charge is 2.14. The molecular weight excluding hydrogens is 234 g/mol. The molecule has 1 N–H and O–H groups in total. The fraction of sp³-hybridized carbons (Fsp3) is 0.500. The summed E-state index contributed by atoms with van der Waals surface area (Å²) in [6.07, 6.45) is 5.33. The third-order valence-corrected chi connectivity index (χ3v) is 3.94. The van der Waals surface area contributed by atoms with Gasteiger partial charge in [0.25, 0.3) is 0 Å². The Morgan fingerprint density at radius 2 is 2.41 bits per heavy atom. The van der Waals surface area contributed by atoms with Crippen molar-refractivity contribution in [3.63, 3.8) is 0 Å². The van der Waals surface area contributed by atoms with Crippen LogP contribution in [0, 0.1) is 0 Å². The van der Waals surface area contributed by atoms with Gasteiger partial charge in [0.1, 0.15) is 17.6 Å². The van der Waals surface area contributed by atoms with Gasteiger partial charge in [-0.15, -0.1) is 11.3 Å². The Morgan fingerprint density at radius 1 is 1.41 bits per heavy atom. The van der Waals surface area contributed by atoms with E-state index in [-0.39, 0.29) is 0 Å². The summed E-state index contributed by atoms with van der Waals surface area (Å²) in [6.45, 7) is 1.80. The molecule has 0 spiro atoms. The number of fused-ring (bicyclic) bond motifs is 1. The van der Waals surface area contributed by atoms with Gasteiger partial charge in [0, 0.05) is 6.04 Å². The molecule has 1 fully saturated rings. The molecule has 1 saturated heterocycles. The Balaban J connectivity index is 1.69. The molecule has 0 aliphatic carbocycles. The Labute approximate surface area is 104 Å². The van der Waals surface area contributed by atoms with Gasteiger partial charge in [-0.1, -0.05) is 6.42 Å². The van der Waals surface area contributed by atoms with Crippen molar-refractivity contribution in [2.45, 2.75) is 25.3 Å². The van der Waals surface area contributed by atoms with Crippen molar-refractivity contribution in [1.82, 2.24) is 15.3 Å². The molecule has 1 atom stereocenters. The Kier molecular flexibility index (Phi) is 3.20. The second-order valence-electron chi connectivity index (χ2n) is 4.27. The summed E-state index contributed by atoms with van der Waals surface area (Å²) < 4.78 is 6.86. The van der Waals surface area contributed by atoms with Crippen LogP contribution in [0.2, 0.25) is 0 Å². The fourth-order valence-corrected chi connectivity index (χ4v) is 2.90. The Bertz CT molecular complexity index is 493. The number of thiophene rings is 1. The highest BCUT2D eigenvalue weighted by molar-refractivity contribution is 7.17. The molecule has 0 radical (unpaired) electrons. The van der Waals surface area contributed by atoms with Crippen LogP contribution in [0.5, 0.6) is 5.88 Å². The topological polar surface area (TPSA) is 47.0 Å². The molecular formula is C12H15N3OS. The first-order valence-corrected chi connectivity index (χ1v) is 6.86. The van der Waals surface area contributed by atoms with E-state index in [2.05, 4.69) is 15.3 Å². The number of hydrogen-bond acceptors (Lipinski definition) is 5. The fourth-order valence-electron chi connectivity index (χ4n) is 2.11. The average Bonchev–Trinajstić information content (AvgIpc) is 2.86. The monoisotopic (exact) mass is 249 g/mol. The molecule has 2 aromatic heterocycles. The number of nitrogens with one attached hydrogen (secondary N) is 1. The van der Waals surface area contributed by atoms with Crippen molar-refractivity contribution < 1.29 is 4.74 Å². The van der Waals surface area contributed by atoms with E-state index < -0.39 is 0 Å². The van der Waals surface area contributed by atoms with E-state index >= 15 is 0 Å². The smallest absolute Gasteiger partial charge is 0.234 e. The first kappa shape index (κ1) is 10.9. The molecule has 1 aliphatic heterocycles. The third-order valence-electron chi connectivity index (χ3n) is 3.04. The minimum atomic E-state index is 0.466. The van der Waals surface area contributed by atoms with E-state index in [0.717, 1.165) is 22.6 Å². The molecule has 2 aromatic rings. The van der Waals surface area contributed by atoms with Crippen LogP contribution in [0.1, 0.15) is 19.3 Å². The van der Waals surface area contributed by atoms with Crippen LogP contribution in [-0.4, -0.2) is 29.2 Å². The van der Waals surface area contributed by atoms with Crippen LogP contribution in [0.25, 0.3) is 10.2 Å². The SMILES string of the molecule is c1nc(OCC2CCCCN2)c2sccc2n1. The number of piperidine rings is 1. The summed E-state index contributed by atoms with van der Waals surface area (Å²) in [7, 11) is 0. The molecule has 3 heterocycles. The molecule has 3 rings (SSSR count). The van der Waals surface area contributed by atoms with Crippen LogP contribution in [0.3, 0.4) is 0 Å². The van der Waals surface area contributed by atoms with Gasteiger partial charge in [-0.2, -0.15) is 0 Å². The van der Waals surface area contributed by atoms with E-state index in [1.54, 1.807) is 17.7 Å². The van der Waals surface area contributed by atoms with Crippen molar-refractivity contribution in [1.29, 1.82) is 0 Å². The maximum Gasteiger partial charge on any atom is 0.234 e. The minimum absolute atomic E-state index is 0.466. The summed E-state index contributed by atoms with van der Waals surface area (Å²) in [5.41, 5.74) is 0.969. The van der Waals surface area contributed by atoms with Crippen molar-refractivity contribution >= 4 is 21.6 Å². The molecule has 1 aliphatic rings. The molecule has 5 heteroatoms. The standard InChI is InChI=1S/C12H15N3OS/c1-2-5-13-9(3-1)7-16-12-11-10(4-6-17-11)14-8-15-12/h4,6,8-9,13H,1-3,5,7H2. The molecule has 0 amide bonds. The summed E-state index contributed by atoms with van der Waals surface area (Å²) in [6, 6.07) is 2.46. The van der Waals surface area contributed by atoms with Crippen LogP contribution in [-0.2, 0) is 0 Å². The highest BCUT2D eigenvalue weighted by atomic mass is 32.1. The number of ether oxygens (including phenoxy) is 1. The lowest BCUT2D eigenvalue weighted by molar-refractivity contribution is 0.234. The van der Waals surface area contributed by atoms with Gasteiger partial charge >= 0.3 is 0 Å². The maximum atomic E-state index is 5.81. The maximum absolute atomic E-state index is 5.81. The second-order valence-corrected chi connectivity index (χ2v) is 5.19. The van der Waals surface area contributed by atoms with E-state index in [9.17, 15) is 0 Å². The normalized spacial score (nSPS) is 20.6. The van der Waals surface area contributed by atoms with Gasteiger partial charge in [-0.25, -0.2) is 9.97 Å². The Hall–Kier alpha value is -1.20. The van der Waals surface area contributed by atoms with Gasteiger partial charge in [0.05, 0.1) is 5.52 Å². The zero-order valence-electron chi connectivity index (χ0n) is 9.56. The van der Waals surface area contributed by atoms with E-state index in [1.165, 1.54) is 19.3 Å². The van der Waals surface area contributed by atoms with Gasteiger partial charge in [0.15, 0.2) is 0 Å². The molecule has 0 aromatic carbocycles. The van der Waals surface area contributed by atoms with Crippen molar-refractivity contribution in [3.05, 3.63) is 17.8 Å². The van der Waals surface area contributed by atoms with Crippen molar-refractivity contribution in [2.75, 3.05) is 13.2 Å². The molecule has 0 saturated carbocycles. The number of hydrogen-bond donors (Lipinski definition) is 1. The summed E-state index contributed by atoms with van der Waals surface area (Å²) in [5.74, 6) is 0.720. The van der Waals surface area contributed by atoms with Gasteiger partial charge in [-0.05, 0) is 30.8 Å². The highest BCUT2D eigenvalue weighted by Crippen LogP contribution is 2.26. The lowest BCUT2D eigenvalue weighted by Crippen LogP contribution is -2.38. The van der Waals surface area contributed by atoms with Gasteiger partial charge in [0.2, 0.25) is 5.88 Å². The lowest BCUT2D eigenvalue weighted by atomic mass is 10.1. The predicted octanol–water partition coefficient (Wildman–Crippen LogP) is 2.21. The molecule has 0 bridgehead atoms. The summed E-state index contributed by atoms with van der Waals surface area (Å²) in [4.78, 5) is 8.41. The summed E-state index contributed by atoms with van der Waals surface area (Å²) in [5, 5.41) is 5.49. The van der Waals surface area contributed by atoms with E-state index in [4.69, 9.17) is 4.74 Å². The van der Waals surface area contributed by atoms with E-state index in [0.29, 0.717) is 12.6 Å². The van der Waals surface area contributed by atoms with Crippen LogP contribution < -0.4 is 10.1 Å². The largest absolute Gasteiger partial charge is 0.475 e. The number of aromatic nitrogens is 2. The molecule has 17 heavy (non-hydrogen) atoms. The average molecular weight is 249 g/mol. The summed E-state index contributed by atoms with van der Waals surface area (Å²) >= 11 is 1.63.